The molecule has 202 valence electrons. The van der Waals surface area contributed by atoms with Crippen molar-refractivity contribution in [2.24, 2.45) is 0 Å². The number of anilines is 2. The lowest BCUT2D eigenvalue weighted by molar-refractivity contribution is 0.0452. The SMILES string of the molecule is CCn1c(C2Nc3cc(C(=O)N4CCCC(NC(=O)OC(C)(C)C)C4)cc(O)c3N2C)cc2ccccc21. The van der Waals surface area contributed by atoms with Crippen LogP contribution in [0, 0.1) is 0 Å². The summed E-state index contributed by atoms with van der Waals surface area (Å²) in [5, 5.41) is 18.6. The van der Waals surface area contributed by atoms with E-state index >= 15 is 0 Å². The Bertz CT molecular complexity index is 1380. The molecule has 2 atom stereocenters. The number of aryl methyl sites for hydroxylation is 1. The number of rotatable bonds is 4. The highest BCUT2D eigenvalue weighted by atomic mass is 16.6. The molecule has 2 aliphatic heterocycles. The molecule has 9 heteroatoms. The molecule has 3 N–H and O–H groups in total. The number of ether oxygens (including phenoxy) is 1. The van der Waals surface area contributed by atoms with Crippen LogP contribution in [0.1, 0.15) is 62.8 Å². The highest BCUT2D eigenvalue weighted by molar-refractivity contribution is 5.99. The third-order valence-corrected chi connectivity index (χ3v) is 7.24. The number of nitrogens with zero attached hydrogens (tertiary/aromatic N) is 3. The maximum Gasteiger partial charge on any atom is 0.407 e. The molecule has 0 saturated carbocycles. The molecule has 38 heavy (non-hydrogen) atoms. The van der Waals surface area contributed by atoms with E-state index in [1.807, 2.05) is 50.9 Å². The van der Waals surface area contributed by atoms with Gasteiger partial charge in [-0.25, -0.2) is 4.79 Å². The number of phenolic OH excluding ortho intramolecular Hbond substituents is 1. The highest BCUT2D eigenvalue weighted by Gasteiger charge is 2.34. The fraction of sp³-hybridized carbons (Fsp3) is 0.448. The molecule has 0 radical (unpaired) electrons. The Morgan fingerprint density at radius 3 is 2.68 bits per heavy atom. The molecule has 2 amide bonds. The summed E-state index contributed by atoms with van der Waals surface area (Å²) in [5.41, 5.74) is 3.47. The zero-order valence-corrected chi connectivity index (χ0v) is 22.7. The predicted octanol–water partition coefficient (Wildman–Crippen LogP) is 5.06. The summed E-state index contributed by atoms with van der Waals surface area (Å²) in [7, 11) is 1.94. The van der Waals surface area contributed by atoms with Crippen molar-refractivity contribution < 1.29 is 19.4 Å². The number of para-hydroxylation sites is 1. The van der Waals surface area contributed by atoms with Gasteiger partial charge in [0.15, 0.2) is 0 Å². The number of aromatic nitrogens is 1. The second-order valence-corrected chi connectivity index (χ2v) is 11.2. The van der Waals surface area contributed by atoms with Gasteiger partial charge in [-0.3, -0.25) is 4.79 Å². The zero-order valence-electron chi connectivity index (χ0n) is 22.7. The normalized spacial score (nSPS) is 19.3. The van der Waals surface area contributed by atoms with E-state index in [1.165, 1.54) is 0 Å². The molecule has 3 aromatic rings. The van der Waals surface area contributed by atoms with Gasteiger partial charge in [0.2, 0.25) is 0 Å². The van der Waals surface area contributed by atoms with Gasteiger partial charge in [-0.05, 0) is 64.8 Å². The largest absolute Gasteiger partial charge is 0.506 e. The minimum atomic E-state index is -0.584. The van der Waals surface area contributed by atoms with Crippen molar-refractivity contribution in [3.8, 4) is 5.75 Å². The number of piperidine rings is 1. The van der Waals surface area contributed by atoms with Crippen LogP contribution in [0.15, 0.2) is 42.5 Å². The van der Waals surface area contributed by atoms with Gasteiger partial charge in [0, 0.05) is 49.2 Å². The number of benzene rings is 2. The monoisotopic (exact) mass is 519 g/mol. The number of alkyl carbamates (subject to hydrolysis) is 1. The summed E-state index contributed by atoms with van der Waals surface area (Å²) in [4.78, 5) is 29.5. The highest BCUT2D eigenvalue weighted by Crippen LogP contribution is 2.47. The average Bonchev–Trinajstić information content (AvgIpc) is 3.39. The molecule has 2 aliphatic rings. The second-order valence-electron chi connectivity index (χ2n) is 11.2. The summed E-state index contributed by atoms with van der Waals surface area (Å²) in [6, 6.07) is 13.6. The first-order valence-electron chi connectivity index (χ1n) is 13.3. The smallest absolute Gasteiger partial charge is 0.407 e. The van der Waals surface area contributed by atoms with Crippen LogP contribution >= 0.6 is 0 Å². The Hall–Kier alpha value is -3.88. The van der Waals surface area contributed by atoms with E-state index in [2.05, 4.69) is 40.3 Å². The lowest BCUT2D eigenvalue weighted by Gasteiger charge is -2.33. The van der Waals surface area contributed by atoms with Gasteiger partial charge < -0.3 is 34.8 Å². The van der Waals surface area contributed by atoms with Gasteiger partial charge in [-0.15, -0.1) is 0 Å². The minimum absolute atomic E-state index is 0.0583. The van der Waals surface area contributed by atoms with Crippen LogP contribution in [0.5, 0.6) is 5.75 Å². The summed E-state index contributed by atoms with van der Waals surface area (Å²) in [6.45, 7) is 9.38. The number of aromatic hydroxyl groups is 1. The van der Waals surface area contributed by atoms with Crippen LogP contribution in [0.3, 0.4) is 0 Å². The van der Waals surface area contributed by atoms with Gasteiger partial charge in [0.25, 0.3) is 5.91 Å². The Balaban J connectivity index is 1.35. The Kier molecular flexibility index (Phi) is 6.63. The molecule has 5 rings (SSSR count). The van der Waals surface area contributed by atoms with Crippen molar-refractivity contribution in [2.75, 3.05) is 30.4 Å². The van der Waals surface area contributed by atoms with E-state index in [0.717, 1.165) is 36.0 Å². The van der Waals surface area contributed by atoms with Crippen molar-refractivity contribution in [3.63, 3.8) is 0 Å². The van der Waals surface area contributed by atoms with Gasteiger partial charge in [-0.1, -0.05) is 18.2 Å². The predicted molar refractivity (Wildman–Crippen MR) is 149 cm³/mol. The van der Waals surface area contributed by atoms with Crippen LogP contribution in [-0.4, -0.2) is 58.4 Å². The third kappa shape index (κ3) is 4.85. The Morgan fingerprint density at radius 2 is 1.95 bits per heavy atom. The fourth-order valence-electron chi connectivity index (χ4n) is 5.62. The maximum atomic E-state index is 13.5. The second kappa shape index (κ2) is 9.78. The van der Waals surface area contributed by atoms with Crippen LogP contribution in [-0.2, 0) is 11.3 Å². The van der Waals surface area contributed by atoms with Gasteiger partial charge in [0.05, 0.1) is 11.4 Å². The lowest BCUT2D eigenvalue weighted by Crippen LogP contribution is -2.50. The van der Waals surface area contributed by atoms with E-state index in [1.54, 1.807) is 11.0 Å². The van der Waals surface area contributed by atoms with Crippen LogP contribution in [0.4, 0.5) is 16.2 Å². The third-order valence-electron chi connectivity index (χ3n) is 7.24. The summed E-state index contributed by atoms with van der Waals surface area (Å²) >= 11 is 0. The number of phenols is 1. The number of carbonyl (C=O) groups is 2. The maximum absolute atomic E-state index is 13.5. The van der Waals surface area contributed by atoms with Crippen molar-refractivity contribution in [3.05, 3.63) is 53.7 Å². The van der Waals surface area contributed by atoms with E-state index in [9.17, 15) is 14.7 Å². The number of hydrogen-bond donors (Lipinski definition) is 3. The van der Waals surface area contributed by atoms with Crippen molar-refractivity contribution >= 4 is 34.3 Å². The molecule has 1 aromatic heterocycles. The lowest BCUT2D eigenvalue weighted by atomic mass is 10.0. The number of fused-ring (bicyclic) bond motifs is 2. The number of amides is 2. The molecule has 2 aromatic carbocycles. The molecule has 1 fully saturated rings. The molecule has 0 spiro atoms. The first kappa shape index (κ1) is 25.8. The minimum Gasteiger partial charge on any atom is -0.506 e. The number of nitrogens with one attached hydrogen (secondary N) is 2. The van der Waals surface area contributed by atoms with E-state index in [4.69, 9.17) is 4.74 Å². The summed E-state index contributed by atoms with van der Waals surface area (Å²) < 4.78 is 7.65. The standard InChI is InChI=1S/C29H37N5O4/c1-6-34-22-12-8-7-10-18(22)15-23(34)26-31-21-14-19(16-24(35)25(21)32(26)5)27(36)33-13-9-11-20(17-33)30-28(37)38-29(2,3)4/h7-8,10,12,14-16,20,26,31,35H,6,9,11,13,17H2,1-5H3,(H,30,37). The molecule has 0 aliphatic carbocycles. The van der Waals surface area contributed by atoms with Crippen molar-refractivity contribution in [1.29, 1.82) is 0 Å². The first-order valence-corrected chi connectivity index (χ1v) is 13.3. The molecule has 0 bridgehead atoms. The Morgan fingerprint density at radius 1 is 1.18 bits per heavy atom. The molecule has 1 saturated heterocycles. The van der Waals surface area contributed by atoms with Crippen LogP contribution in [0.2, 0.25) is 0 Å². The number of carbonyl (C=O) groups excluding carboxylic acids is 2. The Labute approximate surface area is 223 Å². The fourth-order valence-corrected chi connectivity index (χ4v) is 5.62. The molecule has 2 unspecified atom stereocenters. The first-order chi connectivity index (χ1) is 18.1. The molecule has 3 heterocycles. The van der Waals surface area contributed by atoms with Gasteiger partial charge in [0.1, 0.15) is 23.2 Å². The van der Waals surface area contributed by atoms with Crippen LogP contribution < -0.4 is 15.5 Å². The topological polar surface area (TPSA) is 99.1 Å². The van der Waals surface area contributed by atoms with E-state index in [-0.39, 0.29) is 23.9 Å². The van der Waals surface area contributed by atoms with Crippen molar-refractivity contribution in [2.45, 2.75) is 64.9 Å². The van der Waals surface area contributed by atoms with E-state index in [0.29, 0.717) is 30.0 Å². The van der Waals surface area contributed by atoms with E-state index < -0.39 is 11.7 Å². The number of hydrogen-bond acceptors (Lipinski definition) is 6. The molecule has 9 nitrogen and oxygen atoms in total. The quantitative estimate of drug-likeness (QED) is 0.446. The number of likely N-dealkylation sites (tertiary alicyclic amines) is 1. The van der Waals surface area contributed by atoms with Gasteiger partial charge >= 0.3 is 6.09 Å². The van der Waals surface area contributed by atoms with Crippen molar-refractivity contribution in [1.82, 2.24) is 14.8 Å². The summed E-state index contributed by atoms with van der Waals surface area (Å²) in [6.07, 6.45) is 0.881. The molecular formula is C29H37N5O4. The average molecular weight is 520 g/mol. The summed E-state index contributed by atoms with van der Waals surface area (Å²) in [5.74, 6) is -0.114. The molecular weight excluding hydrogens is 482 g/mol. The van der Waals surface area contributed by atoms with Crippen LogP contribution in [0.25, 0.3) is 10.9 Å². The van der Waals surface area contributed by atoms with Gasteiger partial charge in [-0.2, -0.15) is 0 Å². The zero-order chi connectivity index (χ0) is 27.2.